The summed E-state index contributed by atoms with van der Waals surface area (Å²) in [6, 6.07) is 0. The lowest BCUT2D eigenvalue weighted by molar-refractivity contribution is 0.191. The Labute approximate surface area is 193 Å². The number of ether oxygens (including phenoxy) is 1. The molecule has 0 aromatic carbocycles. The van der Waals surface area contributed by atoms with E-state index < -0.39 is 0 Å². The van der Waals surface area contributed by atoms with Crippen LogP contribution in [0, 0.1) is 5.92 Å². The summed E-state index contributed by atoms with van der Waals surface area (Å²) >= 11 is 0. The van der Waals surface area contributed by atoms with Gasteiger partial charge in [-0.25, -0.2) is 0 Å². The molecule has 9 heteroatoms. The number of piperidine rings is 1. The summed E-state index contributed by atoms with van der Waals surface area (Å²) in [6.07, 6.45) is 7.43. The van der Waals surface area contributed by atoms with Crippen molar-refractivity contribution >= 4 is 29.9 Å². The number of hydrogen-bond acceptors (Lipinski definition) is 5. The van der Waals surface area contributed by atoms with E-state index in [1.165, 1.54) is 25.9 Å². The van der Waals surface area contributed by atoms with E-state index in [0.29, 0.717) is 0 Å². The van der Waals surface area contributed by atoms with E-state index in [1.54, 1.807) is 13.4 Å². The van der Waals surface area contributed by atoms with Crippen LogP contribution in [-0.2, 0) is 17.7 Å². The molecule has 2 N–H and O–H groups in total. The third kappa shape index (κ3) is 10.6. The number of likely N-dealkylation sites (tertiary alicyclic amines) is 1. The molecule has 0 amide bonds. The van der Waals surface area contributed by atoms with Crippen molar-refractivity contribution in [2.24, 2.45) is 10.9 Å². The van der Waals surface area contributed by atoms with Gasteiger partial charge in [0.2, 0.25) is 0 Å². The Morgan fingerprint density at radius 3 is 2.69 bits per heavy atom. The number of halogens is 1. The standard InChI is InChI=1S/C20H39N7O.HI/c1-4-19-25-24-17-27(19)15-11-23-20(22-10-6-16-28-3)21-9-5-12-26-13-7-18(2)8-14-26;/h17-18H,4-16H2,1-3H3,(H2,21,22,23);1H. The fourth-order valence-electron chi connectivity index (χ4n) is 3.40. The van der Waals surface area contributed by atoms with Gasteiger partial charge in [0.05, 0.1) is 0 Å². The summed E-state index contributed by atoms with van der Waals surface area (Å²) in [6.45, 7) is 12.2. The van der Waals surface area contributed by atoms with Crippen LogP contribution in [0.15, 0.2) is 11.3 Å². The highest BCUT2D eigenvalue weighted by atomic mass is 127. The van der Waals surface area contributed by atoms with E-state index in [4.69, 9.17) is 4.74 Å². The number of methoxy groups -OCH3 is 1. The monoisotopic (exact) mass is 521 g/mol. The van der Waals surface area contributed by atoms with Gasteiger partial charge in [-0.2, -0.15) is 0 Å². The Balaban J connectivity index is 0.00000420. The van der Waals surface area contributed by atoms with Gasteiger partial charge in [0.15, 0.2) is 5.96 Å². The van der Waals surface area contributed by atoms with Crippen LogP contribution in [-0.4, -0.2) is 78.6 Å². The summed E-state index contributed by atoms with van der Waals surface area (Å²) < 4.78 is 7.21. The van der Waals surface area contributed by atoms with Crippen molar-refractivity contribution in [1.82, 2.24) is 30.3 Å². The Hall–Kier alpha value is -0.940. The molecule has 29 heavy (non-hydrogen) atoms. The minimum atomic E-state index is 0. The molecule has 2 heterocycles. The number of aliphatic imine (C=N–C) groups is 1. The van der Waals surface area contributed by atoms with Crippen LogP contribution in [0.5, 0.6) is 0 Å². The van der Waals surface area contributed by atoms with Crippen LogP contribution in [0.1, 0.15) is 45.4 Å². The maximum Gasteiger partial charge on any atom is 0.191 e. The zero-order valence-electron chi connectivity index (χ0n) is 18.4. The molecule has 1 fully saturated rings. The van der Waals surface area contributed by atoms with E-state index in [1.807, 2.05) is 0 Å². The van der Waals surface area contributed by atoms with Crippen molar-refractivity contribution in [1.29, 1.82) is 0 Å². The van der Waals surface area contributed by atoms with E-state index in [-0.39, 0.29) is 24.0 Å². The summed E-state index contributed by atoms with van der Waals surface area (Å²) in [7, 11) is 1.73. The number of nitrogens with one attached hydrogen (secondary N) is 2. The van der Waals surface area contributed by atoms with E-state index >= 15 is 0 Å². The van der Waals surface area contributed by atoms with Gasteiger partial charge in [-0.3, -0.25) is 4.99 Å². The second kappa shape index (κ2) is 15.8. The van der Waals surface area contributed by atoms with Crippen LogP contribution < -0.4 is 10.6 Å². The molecule has 1 aliphatic heterocycles. The summed E-state index contributed by atoms with van der Waals surface area (Å²) in [4.78, 5) is 7.26. The Morgan fingerprint density at radius 1 is 1.21 bits per heavy atom. The molecule has 0 bridgehead atoms. The lowest BCUT2D eigenvalue weighted by Crippen LogP contribution is -2.41. The summed E-state index contributed by atoms with van der Waals surface area (Å²) in [5.41, 5.74) is 0. The normalized spacial score (nSPS) is 15.9. The first-order valence-electron chi connectivity index (χ1n) is 10.8. The van der Waals surface area contributed by atoms with Gasteiger partial charge < -0.3 is 24.8 Å². The molecular formula is C20H40IN7O. The molecule has 0 aliphatic carbocycles. The lowest BCUT2D eigenvalue weighted by atomic mass is 9.99. The number of aryl methyl sites for hydroxylation is 1. The Kier molecular flexibility index (Phi) is 14.3. The quantitative estimate of drug-likeness (QED) is 0.190. The summed E-state index contributed by atoms with van der Waals surface area (Å²) in [5, 5.41) is 15.0. The van der Waals surface area contributed by atoms with Crippen molar-refractivity contribution < 1.29 is 4.74 Å². The maximum absolute atomic E-state index is 5.12. The first kappa shape index (κ1) is 26.1. The van der Waals surface area contributed by atoms with Crippen LogP contribution in [0.2, 0.25) is 0 Å². The number of hydrogen-bond donors (Lipinski definition) is 2. The molecule has 0 spiro atoms. The SMILES string of the molecule is CCc1nncn1CCNC(=NCCCOC)NCCCN1CCC(C)CC1.I. The smallest absolute Gasteiger partial charge is 0.191 e. The van der Waals surface area contributed by atoms with Crippen molar-refractivity contribution in [3.8, 4) is 0 Å². The molecule has 1 aromatic heterocycles. The van der Waals surface area contributed by atoms with E-state index in [9.17, 15) is 0 Å². The maximum atomic E-state index is 5.12. The molecule has 1 aromatic rings. The average Bonchev–Trinajstić information content (AvgIpc) is 3.17. The lowest BCUT2D eigenvalue weighted by Gasteiger charge is -2.30. The highest BCUT2D eigenvalue weighted by molar-refractivity contribution is 14.0. The van der Waals surface area contributed by atoms with Crippen molar-refractivity contribution in [3.63, 3.8) is 0 Å². The second-order valence-electron chi connectivity index (χ2n) is 7.60. The second-order valence-corrected chi connectivity index (χ2v) is 7.60. The van der Waals surface area contributed by atoms with Gasteiger partial charge in [-0.1, -0.05) is 13.8 Å². The van der Waals surface area contributed by atoms with Crippen molar-refractivity contribution in [2.45, 2.75) is 52.5 Å². The minimum absolute atomic E-state index is 0. The van der Waals surface area contributed by atoms with Crippen LogP contribution in [0.25, 0.3) is 0 Å². The third-order valence-electron chi connectivity index (χ3n) is 5.25. The number of rotatable bonds is 12. The van der Waals surface area contributed by atoms with Crippen molar-refractivity contribution in [3.05, 3.63) is 12.2 Å². The first-order valence-corrected chi connectivity index (χ1v) is 10.8. The molecule has 0 unspecified atom stereocenters. The highest BCUT2D eigenvalue weighted by Gasteiger charge is 2.14. The molecular weight excluding hydrogens is 481 g/mol. The molecule has 168 valence electrons. The minimum Gasteiger partial charge on any atom is -0.385 e. The molecule has 2 rings (SSSR count). The van der Waals surface area contributed by atoms with Gasteiger partial charge in [-0.05, 0) is 51.2 Å². The predicted molar refractivity (Wildman–Crippen MR) is 129 cm³/mol. The zero-order chi connectivity index (χ0) is 20.0. The molecule has 8 nitrogen and oxygen atoms in total. The zero-order valence-corrected chi connectivity index (χ0v) is 20.7. The summed E-state index contributed by atoms with van der Waals surface area (Å²) in [5.74, 6) is 2.79. The van der Waals surface area contributed by atoms with Gasteiger partial charge in [0.1, 0.15) is 12.2 Å². The number of nitrogens with zero attached hydrogens (tertiary/aromatic N) is 5. The molecule has 0 saturated carbocycles. The van der Waals surface area contributed by atoms with Gasteiger partial charge >= 0.3 is 0 Å². The first-order chi connectivity index (χ1) is 13.7. The Bertz CT molecular complexity index is 559. The topological polar surface area (TPSA) is 79.6 Å². The average molecular weight is 521 g/mol. The molecule has 1 saturated heterocycles. The molecule has 0 atom stereocenters. The molecule has 0 radical (unpaired) electrons. The van der Waals surface area contributed by atoms with E-state index in [2.05, 4.69) is 49.1 Å². The molecule has 1 aliphatic rings. The van der Waals surface area contributed by atoms with Gasteiger partial charge in [0.25, 0.3) is 0 Å². The van der Waals surface area contributed by atoms with Crippen LogP contribution in [0.4, 0.5) is 0 Å². The number of guanidine groups is 1. The van der Waals surface area contributed by atoms with Gasteiger partial charge in [0, 0.05) is 46.3 Å². The predicted octanol–water partition coefficient (Wildman–Crippen LogP) is 2.15. The van der Waals surface area contributed by atoms with E-state index in [0.717, 1.165) is 76.3 Å². The van der Waals surface area contributed by atoms with Gasteiger partial charge in [-0.15, -0.1) is 34.2 Å². The van der Waals surface area contributed by atoms with Crippen LogP contribution >= 0.6 is 24.0 Å². The van der Waals surface area contributed by atoms with Crippen molar-refractivity contribution in [2.75, 3.05) is 53.0 Å². The fraction of sp³-hybridized carbons (Fsp3) is 0.850. The number of aromatic nitrogens is 3. The Morgan fingerprint density at radius 2 is 1.97 bits per heavy atom. The highest BCUT2D eigenvalue weighted by Crippen LogP contribution is 2.15. The largest absolute Gasteiger partial charge is 0.385 e. The van der Waals surface area contributed by atoms with Crippen LogP contribution in [0.3, 0.4) is 0 Å². The fourth-order valence-corrected chi connectivity index (χ4v) is 3.40. The third-order valence-corrected chi connectivity index (χ3v) is 5.25.